The molecule has 2 unspecified atom stereocenters. The van der Waals surface area contributed by atoms with Crippen LogP contribution >= 0.6 is 15.9 Å². The highest BCUT2D eigenvalue weighted by atomic mass is 79.9. The van der Waals surface area contributed by atoms with Crippen molar-refractivity contribution >= 4 is 21.8 Å². The highest BCUT2D eigenvalue weighted by Crippen LogP contribution is 2.29. The molecular formula is C15H23BrN2O2. The lowest BCUT2D eigenvalue weighted by Crippen LogP contribution is -2.40. The summed E-state index contributed by atoms with van der Waals surface area (Å²) < 4.78 is 6.80. The lowest BCUT2D eigenvalue weighted by molar-refractivity contribution is -0.127. The van der Waals surface area contributed by atoms with E-state index in [1.165, 1.54) is 0 Å². The molecule has 0 saturated heterocycles. The average Bonchev–Trinajstić information content (AvgIpc) is 2.38. The van der Waals surface area contributed by atoms with Crippen molar-refractivity contribution in [3.63, 3.8) is 0 Å². The van der Waals surface area contributed by atoms with Gasteiger partial charge in [-0.1, -0.05) is 15.9 Å². The van der Waals surface area contributed by atoms with Crippen molar-refractivity contribution in [2.45, 2.75) is 45.9 Å². The Balaban J connectivity index is 2.88. The number of halogens is 1. The topological polar surface area (TPSA) is 50.4 Å². The zero-order valence-corrected chi connectivity index (χ0v) is 14.2. The van der Waals surface area contributed by atoms with Crippen molar-refractivity contribution in [2.24, 2.45) is 0 Å². The summed E-state index contributed by atoms with van der Waals surface area (Å²) in [6.45, 7) is 7.67. The van der Waals surface area contributed by atoms with Crippen molar-refractivity contribution in [2.75, 3.05) is 7.05 Å². The molecule has 0 aromatic heterocycles. The van der Waals surface area contributed by atoms with Gasteiger partial charge in [0.25, 0.3) is 5.91 Å². The molecule has 0 fully saturated rings. The van der Waals surface area contributed by atoms with Crippen LogP contribution in [0.2, 0.25) is 0 Å². The molecule has 1 aromatic carbocycles. The maximum absolute atomic E-state index is 11.9. The van der Waals surface area contributed by atoms with Gasteiger partial charge in [-0.05, 0) is 52.9 Å². The summed E-state index contributed by atoms with van der Waals surface area (Å²) in [4.78, 5) is 11.9. The number of ether oxygens (including phenoxy) is 1. The molecule has 112 valence electrons. The number of benzene rings is 1. The first-order chi connectivity index (χ1) is 9.35. The minimum atomic E-state index is -0.526. The molecule has 0 aliphatic carbocycles. The maximum atomic E-state index is 11.9. The molecule has 1 amide bonds. The van der Waals surface area contributed by atoms with E-state index in [1.807, 2.05) is 46.0 Å². The number of carbonyl (C=O) groups excluding carboxylic acids is 1. The van der Waals surface area contributed by atoms with Crippen LogP contribution in [0.25, 0.3) is 0 Å². The molecule has 0 aliphatic heterocycles. The lowest BCUT2D eigenvalue weighted by Gasteiger charge is -2.21. The molecule has 0 heterocycles. The van der Waals surface area contributed by atoms with Crippen molar-refractivity contribution in [3.05, 3.63) is 28.2 Å². The fraction of sp³-hybridized carbons (Fsp3) is 0.533. The highest BCUT2D eigenvalue weighted by Gasteiger charge is 2.18. The Kier molecular flexibility index (Phi) is 6.49. The fourth-order valence-corrected chi connectivity index (χ4v) is 2.15. The smallest absolute Gasteiger partial charge is 0.260 e. The van der Waals surface area contributed by atoms with Crippen LogP contribution in [0.15, 0.2) is 22.7 Å². The minimum Gasteiger partial charge on any atom is -0.481 e. The molecule has 2 N–H and O–H groups in total. The second-order valence-corrected chi connectivity index (χ2v) is 6.03. The number of nitrogens with one attached hydrogen (secondary N) is 2. The van der Waals surface area contributed by atoms with E-state index in [0.29, 0.717) is 0 Å². The molecule has 2 atom stereocenters. The van der Waals surface area contributed by atoms with Crippen LogP contribution in [0.1, 0.15) is 39.3 Å². The minimum absolute atomic E-state index is 0.106. The van der Waals surface area contributed by atoms with Gasteiger partial charge in [-0.3, -0.25) is 4.79 Å². The van der Waals surface area contributed by atoms with Gasteiger partial charge in [0, 0.05) is 22.1 Å². The number of amides is 1. The largest absolute Gasteiger partial charge is 0.481 e. The third kappa shape index (κ3) is 4.80. The first kappa shape index (κ1) is 17.0. The van der Waals surface area contributed by atoms with Gasteiger partial charge in [0.2, 0.25) is 0 Å². The van der Waals surface area contributed by atoms with Crippen LogP contribution < -0.4 is 15.4 Å². The van der Waals surface area contributed by atoms with E-state index in [1.54, 1.807) is 6.92 Å². The van der Waals surface area contributed by atoms with Gasteiger partial charge in [0.05, 0.1) is 0 Å². The summed E-state index contributed by atoms with van der Waals surface area (Å²) in [5, 5.41) is 6.03. The van der Waals surface area contributed by atoms with E-state index in [-0.39, 0.29) is 18.0 Å². The van der Waals surface area contributed by atoms with Gasteiger partial charge < -0.3 is 15.4 Å². The van der Waals surface area contributed by atoms with Crippen molar-refractivity contribution in [3.8, 4) is 5.75 Å². The van der Waals surface area contributed by atoms with Gasteiger partial charge >= 0.3 is 0 Å². The third-order valence-corrected chi connectivity index (χ3v) is 3.47. The molecule has 1 aromatic rings. The van der Waals surface area contributed by atoms with Gasteiger partial charge in [-0.15, -0.1) is 0 Å². The molecule has 0 radical (unpaired) electrons. The van der Waals surface area contributed by atoms with Crippen LogP contribution in [0.3, 0.4) is 0 Å². The Morgan fingerprint density at radius 2 is 1.90 bits per heavy atom. The maximum Gasteiger partial charge on any atom is 0.260 e. The number of rotatable bonds is 6. The van der Waals surface area contributed by atoms with E-state index >= 15 is 0 Å². The molecule has 0 saturated carbocycles. The zero-order chi connectivity index (χ0) is 15.3. The second-order valence-electron chi connectivity index (χ2n) is 5.12. The Labute approximate surface area is 129 Å². The van der Waals surface area contributed by atoms with Crippen molar-refractivity contribution in [1.82, 2.24) is 10.6 Å². The average molecular weight is 343 g/mol. The van der Waals surface area contributed by atoms with E-state index in [0.717, 1.165) is 15.8 Å². The Morgan fingerprint density at radius 3 is 2.45 bits per heavy atom. The first-order valence-electron chi connectivity index (χ1n) is 6.79. The molecular weight excluding hydrogens is 320 g/mol. The summed E-state index contributed by atoms with van der Waals surface area (Å²) in [6, 6.07) is 6.04. The monoisotopic (exact) mass is 342 g/mol. The van der Waals surface area contributed by atoms with E-state index < -0.39 is 6.10 Å². The Bertz CT molecular complexity index is 463. The molecule has 0 aliphatic rings. The summed E-state index contributed by atoms with van der Waals surface area (Å²) in [5.41, 5.74) is 1.02. The number of hydrogen-bond acceptors (Lipinski definition) is 3. The van der Waals surface area contributed by atoms with Gasteiger partial charge in [0.1, 0.15) is 5.75 Å². The van der Waals surface area contributed by atoms with Gasteiger partial charge in [-0.2, -0.15) is 0 Å². The summed E-state index contributed by atoms with van der Waals surface area (Å²) >= 11 is 3.46. The Hall–Kier alpha value is -1.07. The first-order valence-corrected chi connectivity index (χ1v) is 7.58. The van der Waals surface area contributed by atoms with Crippen molar-refractivity contribution < 1.29 is 9.53 Å². The predicted octanol–water partition coefficient (Wildman–Crippen LogP) is 3.02. The standard InChI is InChI=1S/C15H23BrN2O2/c1-9(2)18-15(19)11(4)20-14-7-6-12(16)8-13(14)10(3)17-5/h6-11,17H,1-5H3,(H,18,19). The molecule has 1 rings (SSSR count). The van der Waals surface area contributed by atoms with Crippen LogP contribution in [0.5, 0.6) is 5.75 Å². The normalized spacial score (nSPS) is 13.9. The summed E-state index contributed by atoms with van der Waals surface area (Å²) in [6.07, 6.45) is -0.526. The predicted molar refractivity (Wildman–Crippen MR) is 85.0 cm³/mol. The van der Waals surface area contributed by atoms with Crippen LogP contribution in [0, 0.1) is 0 Å². The van der Waals surface area contributed by atoms with E-state index in [9.17, 15) is 4.79 Å². The Morgan fingerprint density at radius 1 is 1.25 bits per heavy atom. The molecule has 4 nitrogen and oxygen atoms in total. The molecule has 20 heavy (non-hydrogen) atoms. The van der Waals surface area contributed by atoms with Gasteiger partial charge in [0.15, 0.2) is 6.10 Å². The fourth-order valence-electron chi connectivity index (χ4n) is 1.77. The molecule has 5 heteroatoms. The quantitative estimate of drug-likeness (QED) is 0.835. The van der Waals surface area contributed by atoms with E-state index in [2.05, 4.69) is 26.6 Å². The third-order valence-electron chi connectivity index (χ3n) is 2.98. The van der Waals surface area contributed by atoms with Crippen LogP contribution in [-0.2, 0) is 4.79 Å². The van der Waals surface area contributed by atoms with Crippen molar-refractivity contribution in [1.29, 1.82) is 0 Å². The summed E-state index contributed by atoms with van der Waals surface area (Å²) in [7, 11) is 1.89. The van der Waals surface area contributed by atoms with Crippen LogP contribution in [0.4, 0.5) is 0 Å². The number of carbonyl (C=O) groups is 1. The number of hydrogen-bond donors (Lipinski definition) is 2. The lowest BCUT2D eigenvalue weighted by atomic mass is 10.1. The van der Waals surface area contributed by atoms with Crippen LogP contribution in [-0.4, -0.2) is 25.1 Å². The molecule has 0 spiro atoms. The zero-order valence-electron chi connectivity index (χ0n) is 12.7. The molecule has 0 bridgehead atoms. The summed E-state index contributed by atoms with van der Waals surface area (Å²) in [5.74, 6) is 0.618. The highest BCUT2D eigenvalue weighted by molar-refractivity contribution is 9.10. The second kappa shape index (κ2) is 7.64. The van der Waals surface area contributed by atoms with Gasteiger partial charge in [-0.25, -0.2) is 0 Å². The van der Waals surface area contributed by atoms with E-state index in [4.69, 9.17) is 4.74 Å². The SMILES string of the molecule is CNC(C)c1cc(Br)ccc1OC(C)C(=O)NC(C)C.